The van der Waals surface area contributed by atoms with Crippen LogP contribution >= 0.6 is 0 Å². The highest BCUT2D eigenvalue weighted by atomic mass is 16.2. The zero-order valence-electron chi connectivity index (χ0n) is 10.4. The Morgan fingerprint density at radius 2 is 2.22 bits per heavy atom. The molecule has 1 fully saturated rings. The lowest BCUT2D eigenvalue weighted by atomic mass is 9.97. The molecular weight excluding hydrogens is 230 g/mol. The van der Waals surface area contributed by atoms with E-state index in [0.29, 0.717) is 18.7 Å². The number of nitrogens with zero attached hydrogens (tertiary/aromatic N) is 2. The summed E-state index contributed by atoms with van der Waals surface area (Å²) in [5.74, 6) is -0.621. The second-order valence-electron chi connectivity index (χ2n) is 4.68. The molecule has 96 valence electrons. The van der Waals surface area contributed by atoms with E-state index in [1.807, 2.05) is 13.0 Å². The van der Waals surface area contributed by atoms with Gasteiger partial charge in [0.2, 0.25) is 5.91 Å². The molecule has 0 aliphatic carbocycles. The number of carbonyl (C=O) groups excluding carboxylic acids is 2. The number of amides is 2. The molecule has 2 rings (SSSR count). The Kier molecular flexibility index (Phi) is 3.60. The molecule has 1 atom stereocenters. The minimum absolute atomic E-state index is 0.0755. The van der Waals surface area contributed by atoms with Gasteiger partial charge in [0.15, 0.2) is 0 Å². The van der Waals surface area contributed by atoms with Crippen molar-refractivity contribution in [1.82, 2.24) is 9.88 Å². The number of aromatic nitrogens is 1. The van der Waals surface area contributed by atoms with Gasteiger partial charge < -0.3 is 10.6 Å². The first kappa shape index (κ1) is 12.5. The molecule has 0 unspecified atom stereocenters. The van der Waals surface area contributed by atoms with E-state index >= 15 is 0 Å². The first-order valence-corrected chi connectivity index (χ1v) is 6.09. The number of carbonyl (C=O) groups is 2. The Morgan fingerprint density at radius 1 is 1.44 bits per heavy atom. The molecule has 0 aromatic carbocycles. The monoisotopic (exact) mass is 247 g/mol. The number of primary amides is 1. The van der Waals surface area contributed by atoms with Gasteiger partial charge in [-0.25, -0.2) is 0 Å². The first-order valence-electron chi connectivity index (χ1n) is 6.09. The number of pyridine rings is 1. The van der Waals surface area contributed by atoms with E-state index in [9.17, 15) is 9.59 Å². The lowest BCUT2D eigenvalue weighted by Gasteiger charge is -2.31. The molecule has 0 bridgehead atoms. The standard InChI is InChI=1S/C13H17N3O2/c1-9-4-5-10(7-15-9)13(18)16-6-2-3-11(8-16)12(14)17/h4-5,7,11H,2-3,6,8H2,1H3,(H2,14,17)/t11-/m1/s1. The fourth-order valence-corrected chi connectivity index (χ4v) is 2.17. The second-order valence-corrected chi connectivity index (χ2v) is 4.68. The van der Waals surface area contributed by atoms with Crippen LogP contribution in [0.1, 0.15) is 28.9 Å². The van der Waals surface area contributed by atoms with Crippen molar-refractivity contribution in [1.29, 1.82) is 0 Å². The molecule has 1 aliphatic rings. The van der Waals surface area contributed by atoms with Gasteiger partial charge in [-0.3, -0.25) is 14.6 Å². The van der Waals surface area contributed by atoms with Crippen LogP contribution in [0.2, 0.25) is 0 Å². The van der Waals surface area contributed by atoms with Gasteiger partial charge in [-0.1, -0.05) is 0 Å². The van der Waals surface area contributed by atoms with Gasteiger partial charge in [0.1, 0.15) is 0 Å². The summed E-state index contributed by atoms with van der Waals surface area (Å²) < 4.78 is 0. The third-order valence-corrected chi connectivity index (χ3v) is 3.27. The second kappa shape index (κ2) is 5.16. The smallest absolute Gasteiger partial charge is 0.255 e. The van der Waals surface area contributed by atoms with E-state index in [0.717, 1.165) is 18.5 Å². The topological polar surface area (TPSA) is 76.3 Å². The van der Waals surface area contributed by atoms with Gasteiger partial charge in [0, 0.05) is 25.0 Å². The molecule has 18 heavy (non-hydrogen) atoms. The van der Waals surface area contributed by atoms with Crippen molar-refractivity contribution in [3.8, 4) is 0 Å². The van der Waals surface area contributed by atoms with Crippen molar-refractivity contribution in [2.75, 3.05) is 13.1 Å². The van der Waals surface area contributed by atoms with E-state index in [-0.39, 0.29) is 17.7 Å². The fraction of sp³-hybridized carbons (Fsp3) is 0.462. The molecule has 1 saturated heterocycles. The van der Waals surface area contributed by atoms with E-state index < -0.39 is 0 Å². The molecular formula is C13H17N3O2. The molecule has 1 aliphatic heterocycles. The Labute approximate surface area is 106 Å². The molecule has 1 aromatic rings. The van der Waals surface area contributed by atoms with Crippen LogP contribution in [-0.2, 0) is 4.79 Å². The number of hydrogen-bond acceptors (Lipinski definition) is 3. The third-order valence-electron chi connectivity index (χ3n) is 3.27. The van der Waals surface area contributed by atoms with Crippen LogP contribution in [0.4, 0.5) is 0 Å². The number of likely N-dealkylation sites (tertiary alicyclic amines) is 1. The maximum absolute atomic E-state index is 12.2. The van der Waals surface area contributed by atoms with Crippen LogP contribution in [0.3, 0.4) is 0 Å². The lowest BCUT2D eigenvalue weighted by Crippen LogP contribution is -2.44. The Bertz CT molecular complexity index is 456. The summed E-state index contributed by atoms with van der Waals surface area (Å²) in [7, 11) is 0. The number of nitrogens with two attached hydrogens (primary N) is 1. The van der Waals surface area contributed by atoms with Crippen LogP contribution in [0, 0.1) is 12.8 Å². The molecule has 0 saturated carbocycles. The molecule has 1 aromatic heterocycles. The Morgan fingerprint density at radius 3 is 2.83 bits per heavy atom. The zero-order valence-corrected chi connectivity index (χ0v) is 10.4. The summed E-state index contributed by atoms with van der Waals surface area (Å²) in [4.78, 5) is 29.2. The van der Waals surface area contributed by atoms with Crippen LogP contribution in [0.5, 0.6) is 0 Å². The number of rotatable bonds is 2. The SMILES string of the molecule is Cc1ccc(C(=O)N2CCC[C@@H](C(N)=O)C2)cn1. The third kappa shape index (κ3) is 2.67. The summed E-state index contributed by atoms with van der Waals surface area (Å²) >= 11 is 0. The molecule has 2 heterocycles. The molecule has 5 nitrogen and oxygen atoms in total. The highest BCUT2D eigenvalue weighted by Gasteiger charge is 2.27. The minimum atomic E-state index is -0.325. The highest BCUT2D eigenvalue weighted by Crippen LogP contribution is 2.18. The Balaban J connectivity index is 2.09. The van der Waals surface area contributed by atoms with Crippen LogP contribution in [0.15, 0.2) is 18.3 Å². The van der Waals surface area contributed by atoms with Crippen LogP contribution in [0.25, 0.3) is 0 Å². The summed E-state index contributed by atoms with van der Waals surface area (Å²) in [6, 6.07) is 3.57. The summed E-state index contributed by atoms with van der Waals surface area (Å²) in [5.41, 5.74) is 6.73. The van der Waals surface area contributed by atoms with Crippen molar-refractivity contribution in [3.63, 3.8) is 0 Å². The Hall–Kier alpha value is -1.91. The van der Waals surface area contributed by atoms with Gasteiger partial charge in [-0.05, 0) is 31.9 Å². The van der Waals surface area contributed by atoms with Gasteiger partial charge in [-0.15, -0.1) is 0 Å². The van der Waals surface area contributed by atoms with E-state index in [1.165, 1.54) is 0 Å². The summed E-state index contributed by atoms with van der Waals surface area (Å²) in [6.07, 6.45) is 3.16. The average Bonchev–Trinajstić information content (AvgIpc) is 2.39. The van der Waals surface area contributed by atoms with E-state index in [4.69, 9.17) is 5.73 Å². The van der Waals surface area contributed by atoms with E-state index in [2.05, 4.69) is 4.98 Å². The first-order chi connectivity index (χ1) is 8.58. The van der Waals surface area contributed by atoms with Gasteiger partial charge in [0.05, 0.1) is 11.5 Å². The van der Waals surface area contributed by atoms with Crippen molar-refractivity contribution < 1.29 is 9.59 Å². The number of hydrogen-bond donors (Lipinski definition) is 1. The van der Waals surface area contributed by atoms with Crippen LogP contribution < -0.4 is 5.73 Å². The van der Waals surface area contributed by atoms with Crippen molar-refractivity contribution >= 4 is 11.8 Å². The van der Waals surface area contributed by atoms with E-state index in [1.54, 1.807) is 17.2 Å². The fourth-order valence-electron chi connectivity index (χ4n) is 2.17. The summed E-state index contributed by atoms with van der Waals surface area (Å²) in [5, 5.41) is 0. The number of piperidine rings is 1. The quantitative estimate of drug-likeness (QED) is 0.837. The minimum Gasteiger partial charge on any atom is -0.369 e. The van der Waals surface area contributed by atoms with Gasteiger partial charge in [0.25, 0.3) is 5.91 Å². The predicted molar refractivity (Wildman–Crippen MR) is 66.8 cm³/mol. The maximum atomic E-state index is 12.2. The van der Waals surface area contributed by atoms with Gasteiger partial charge >= 0.3 is 0 Å². The molecule has 2 amide bonds. The predicted octanol–water partition coefficient (Wildman–Crippen LogP) is 0.728. The molecule has 5 heteroatoms. The average molecular weight is 247 g/mol. The lowest BCUT2D eigenvalue weighted by molar-refractivity contribution is -0.123. The normalized spacial score (nSPS) is 19.6. The number of aryl methyl sites for hydroxylation is 1. The largest absolute Gasteiger partial charge is 0.369 e. The summed E-state index contributed by atoms with van der Waals surface area (Å²) in [6.45, 7) is 2.97. The molecule has 0 spiro atoms. The van der Waals surface area contributed by atoms with Crippen LogP contribution in [-0.4, -0.2) is 34.8 Å². The molecule has 2 N–H and O–H groups in total. The van der Waals surface area contributed by atoms with Crippen molar-refractivity contribution in [2.45, 2.75) is 19.8 Å². The molecule has 0 radical (unpaired) electrons. The van der Waals surface area contributed by atoms with Crippen molar-refractivity contribution in [3.05, 3.63) is 29.6 Å². The zero-order chi connectivity index (χ0) is 13.1. The maximum Gasteiger partial charge on any atom is 0.255 e. The van der Waals surface area contributed by atoms with Crippen molar-refractivity contribution in [2.24, 2.45) is 11.7 Å². The van der Waals surface area contributed by atoms with Gasteiger partial charge in [-0.2, -0.15) is 0 Å². The highest BCUT2D eigenvalue weighted by molar-refractivity contribution is 5.94.